The van der Waals surface area contributed by atoms with Gasteiger partial charge in [0.05, 0.1) is 0 Å². The molecule has 0 radical (unpaired) electrons. The molecule has 0 saturated carbocycles. The summed E-state index contributed by atoms with van der Waals surface area (Å²) in [6.45, 7) is 4.09. The van der Waals surface area contributed by atoms with Crippen molar-refractivity contribution in [2.24, 2.45) is 0 Å². The van der Waals surface area contributed by atoms with Gasteiger partial charge in [0, 0.05) is 7.11 Å². The van der Waals surface area contributed by atoms with E-state index < -0.39 is 0 Å². The molecule has 0 aromatic heterocycles. The van der Waals surface area contributed by atoms with E-state index in [4.69, 9.17) is 5.73 Å². The van der Waals surface area contributed by atoms with Crippen molar-refractivity contribution in [3.8, 4) is 0 Å². The molecular formula is C8H13N. The molecule has 0 unspecified atom stereocenters. The molecule has 0 aliphatic rings. The van der Waals surface area contributed by atoms with Gasteiger partial charge in [-0.25, -0.2) is 0 Å². The number of benzene rings is 1. The Balaban J connectivity index is 0.000000810. The van der Waals surface area contributed by atoms with Crippen molar-refractivity contribution in [3.05, 3.63) is 29.3 Å². The highest BCUT2D eigenvalue weighted by Crippen LogP contribution is 2.08. The number of hydrogen-bond acceptors (Lipinski definition) is 1. The van der Waals surface area contributed by atoms with E-state index in [1.807, 2.05) is 26.0 Å². The van der Waals surface area contributed by atoms with Gasteiger partial charge in [0.25, 0.3) is 0 Å². The van der Waals surface area contributed by atoms with Crippen molar-refractivity contribution >= 4 is 5.69 Å². The van der Waals surface area contributed by atoms with Gasteiger partial charge in [-0.15, -0.1) is 0 Å². The largest absolute Gasteiger partial charge is 0.399 e. The highest BCUT2D eigenvalue weighted by molar-refractivity contribution is 5.43. The lowest BCUT2D eigenvalue weighted by Crippen LogP contribution is -1.86. The van der Waals surface area contributed by atoms with E-state index in [9.17, 15) is 0 Å². The van der Waals surface area contributed by atoms with E-state index in [2.05, 4.69) is 6.07 Å². The number of nitrogens with two attached hydrogens (primary N) is 1. The first kappa shape index (κ1) is 6.14. The summed E-state index contributed by atoms with van der Waals surface area (Å²) in [4.78, 5) is 0. The average Bonchev–Trinajstić information content (AvgIpc) is 1.59. The van der Waals surface area contributed by atoms with Crippen LogP contribution in [-0.4, -0.2) is 0 Å². The Hall–Kier alpha value is -0.980. The van der Waals surface area contributed by atoms with Crippen molar-refractivity contribution in [1.29, 1.82) is 0 Å². The number of rotatable bonds is 0. The van der Waals surface area contributed by atoms with Crippen LogP contribution in [0.2, 0.25) is 0 Å². The standard InChI is InChI=1S/C8H11N.H2/c1-6-3-7(2)5-8(9)4-6;/h3-5H,9H2,1-2H3;1H. The molecule has 1 nitrogen and oxygen atoms in total. The molecule has 50 valence electrons. The van der Waals surface area contributed by atoms with E-state index in [1.165, 1.54) is 11.1 Å². The Morgan fingerprint density at radius 3 is 1.89 bits per heavy atom. The Kier molecular flexibility index (Phi) is 1.43. The van der Waals surface area contributed by atoms with Crippen LogP contribution in [0.15, 0.2) is 18.2 Å². The number of aryl methyl sites for hydroxylation is 2. The molecule has 0 amide bonds. The maximum Gasteiger partial charge on any atom is 0.0319 e. The minimum absolute atomic E-state index is 0. The van der Waals surface area contributed by atoms with Gasteiger partial charge in [-0.2, -0.15) is 0 Å². The van der Waals surface area contributed by atoms with Crippen molar-refractivity contribution in [2.45, 2.75) is 13.8 Å². The van der Waals surface area contributed by atoms with E-state index in [0.29, 0.717) is 0 Å². The Labute approximate surface area is 57.0 Å². The molecule has 1 heteroatoms. The van der Waals surface area contributed by atoms with Crippen LogP contribution in [0, 0.1) is 13.8 Å². The van der Waals surface area contributed by atoms with Crippen molar-refractivity contribution in [1.82, 2.24) is 0 Å². The Morgan fingerprint density at radius 2 is 1.56 bits per heavy atom. The number of anilines is 1. The molecule has 0 bridgehead atoms. The molecule has 0 spiro atoms. The lowest BCUT2D eigenvalue weighted by molar-refractivity contribution is 1.39. The lowest BCUT2D eigenvalue weighted by atomic mass is 10.1. The van der Waals surface area contributed by atoms with Crippen LogP contribution >= 0.6 is 0 Å². The zero-order valence-corrected chi connectivity index (χ0v) is 5.81. The fourth-order valence-electron chi connectivity index (χ4n) is 1.01. The van der Waals surface area contributed by atoms with E-state index in [1.54, 1.807) is 0 Å². The van der Waals surface area contributed by atoms with E-state index >= 15 is 0 Å². The Bertz CT molecular complexity index is 170. The number of nitrogen functional groups attached to an aromatic ring is 1. The lowest BCUT2D eigenvalue weighted by Gasteiger charge is -1.97. The van der Waals surface area contributed by atoms with Gasteiger partial charge in [0.1, 0.15) is 0 Å². The second-order valence-electron chi connectivity index (χ2n) is 2.42. The maximum atomic E-state index is 5.56. The van der Waals surface area contributed by atoms with Crippen LogP contribution in [0.1, 0.15) is 12.6 Å². The molecule has 0 aliphatic carbocycles. The minimum atomic E-state index is 0. The van der Waals surface area contributed by atoms with Crippen LogP contribution in [0.5, 0.6) is 0 Å². The minimum Gasteiger partial charge on any atom is -0.399 e. The van der Waals surface area contributed by atoms with Crippen molar-refractivity contribution in [2.75, 3.05) is 5.73 Å². The zero-order chi connectivity index (χ0) is 6.85. The van der Waals surface area contributed by atoms with Crippen molar-refractivity contribution in [3.63, 3.8) is 0 Å². The predicted molar refractivity (Wildman–Crippen MR) is 42.4 cm³/mol. The molecule has 1 rings (SSSR count). The third-order valence-electron chi connectivity index (χ3n) is 1.24. The predicted octanol–water partition coefficient (Wildman–Crippen LogP) is 2.13. The fraction of sp³-hybridized carbons (Fsp3) is 0.250. The van der Waals surface area contributed by atoms with Gasteiger partial charge in [-0.1, -0.05) is 6.07 Å². The molecule has 2 N–H and O–H groups in total. The molecule has 0 atom stereocenters. The van der Waals surface area contributed by atoms with Gasteiger partial charge in [0.15, 0.2) is 0 Å². The first-order valence-corrected chi connectivity index (χ1v) is 3.02. The van der Waals surface area contributed by atoms with Gasteiger partial charge < -0.3 is 5.73 Å². The highest BCUT2D eigenvalue weighted by atomic mass is 14.5. The SMILES string of the molecule is Cc1cc(C)cc(N)c1.[HH]. The van der Waals surface area contributed by atoms with E-state index in [-0.39, 0.29) is 1.43 Å². The van der Waals surface area contributed by atoms with Crippen LogP contribution in [-0.2, 0) is 0 Å². The van der Waals surface area contributed by atoms with Crippen LogP contribution in [0.4, 0.5) is 5.69 Å². The van der Waals surface area contributed by atoms with E-state index in [0.717, 1.165) is 5.69 Å². The fourth-order valence-corrected chi connectivity index (χ4v) is 1.01. The second kappa shape index (κ2) is 2.09. The number of hydrogen-bond donors (Lipinski definition) is 1. The molecule has 0 heterocycles. The summed E-state index contributed by atoms with van der Waals surface area (Å²) in [7, 11) is 0. The summed E-state index contributed by atoms with van der Waals surface area (Å²) < 4.78 is 0. The summed E-state index contributed by atoms with van der Waals surface area (Å²) in [6, 6.07) is 6.04. The topological polar surface area (TPSA) is 26.0 Å². The van der Waals surface area contributed by atoms with Crippen LogP contribution in [0.3, 0.4) is 0 Å². The smallest absolute Gasteiger partial charge is 0.0319 e. The first-order valence-electron chi connectivity index (χ1n) is 3.02. The average molecular weight is 123 g/mol. The van der Waals surface area contributed by atoms with Gasteiger partial charge in [-0.3, -0.25) is 0 Å². The quantitative estimate of drug-likeness (QED) is 0.525. The van der Waals surface area contributed by atoms with Gasteiger partial charge in [-0.05, 0) is 37.1 Å². The van der Waals surface area contributed by atoms with Gasteiger partial charge in [0.2, 0.25) is 0 Å². The summed E-state index contributed by atoms with van der Waals surface area (Å²) >= 11 is 0. The zero-order valence-electron chi connectivity index (χ0n) is 5.81. The normalized spacial score (nSPS) is 9.56. The summed E-state index contributed by atoms with van der Waals surface area (Å²) in [6.07, 6.45) is 0. The molecule has 0 saturated heterocycles. The van der Waals surface area contributed by atoms with Crippen molar-refractivity contribution < 1.29 is 1.43 Å². The first-order chi connectivity index (χ1) is 4.18. The third kappa shape index (κ3) is 1.46. The summed E-state index contributed by atoms with van der Waals surface area (Å²) in [5.41, 5.74) is 8.87. The highest BCUT2D eigenvalue weighted by Gasteiger charge is 1.87. The Morgan fingerprint density at radius 1 is 1.11 bits per heavy atom. The third-order valence-corrected chi connectivity index (χ3v) is 1.24. The van der Waals surface area contributed by atoms with Crippen LogP contribution < -0.4 is 5.73 Å². The molecule has 0 fully saturated rings. The molecular weight excluding hydrogens is 110 g/mol. The second-order valence-corrected chi connectivity index (χ2v) is 2.42. The van der Waals surface area contributed by atoms with Gasteiger partial charge >= 0.3 is 0 Å². The molecule has 9 heavy (non-hydrogen) atoms. The molecule has 0 aliphatic heterocycles. The molecule has 1 aromatic rings. The van der Waals surface area contributed by atoms with Crippen LogP contribution in [0.25, 0.3) is 0 Å². The summed E-state index contributed by atoms with van der Waals surface area (Å²) in [5.74, 6) is 0. The maximum absolute atomic E-state index is 5.56. The summed E-state index contributed by atoms with van der Waals surface area (Å²) in [5, 5.41) is 0. The molecule has 1 aromatic carbocycles. The monoisotopic (exact) mass is 123 g/mol.